The third-order valence-corrected chi connectivity index (χ3v) is 10.8. The van der Waals surface area contributed by atoms with Crippen LogP contribution in [0.4, 0.5) is 5.69 Å². The number of anilines is 1. The lowest BCUT2D eigenvalue weighted by molar-refractivity contribution is -0.111. The highest BCUT2D eigenvalue weighted by atomic mass is 35.5. The maximum Gasteiger partial charge on any atom is 0.263 e. The van der Waals surface area contributed by atoms with Crippen LogP contribution in [-0.4, -0.2) is 41.3 Å². The van der Waals surface area contributed by atoms with Crippen molar-refractivity contribution in [1.82, 2.24) is 4.72 Å². The molecule has 0 spiro atoms. The number of ether oxygens (including phenoxy) is 1. The van der Waals surface area contributed by atoms with Crippen LogP contribution < -0.4 is 14.4 Å². The number of hydrogen-bond acceptors (Lipinski definition) is 5. The van der Waals surface area contributed by atoms with Crippen molar-refractivity contribution in [2.24, 2.45) is 23.7 Å². The number of benzene rings is 2. The Balaban J connectivity index is 1.78. The lowest BCUT2D eigenvalue weighted by Gasteiger charge is -2.34. The highest BCUT2D eigenvalue weighted by molar-refractivity contribution is 7.84. The zero-order chi connectivity index (χ0) is 30.4. The van der Waals surface area contributed by atoms with E-state index in [-0.39, 0.29) is 40.7 Å². The number of allylic oxidation sites excluding steroid dienone is 2. The van der Waals surface area contributed by atoms with Crippen LogP contribution >= 0.6 is 11.6 Å². The molecule has 0 saturated carbocycles. The molecular weight excluding hydrogens is 568 g/mol. The highest BCUT2D eigenvalue weighted by Gasteiger charge is 2.31. The van der Waals surface area contributed by atoms with Crippen molar-refractivity contribution in [2.75, 3.05) is 24.6 Å². The first-order valence-electron chi connectivity index (χ1n) is 15.3. The average Bonchev–Trinajstić information content (AvgIpc) is 3.14. The second-order valence-electron chi connectivity index (χ2n) is 12.0. The molecule has 42 heavy (non-hydrogen) atoms. The van der Waals surface area contributed by atoms with Gasteiger partial charge in [0.15, 0.2) is 0 Å². The Morgan fingerprint density at radius 2 is 1.88 bits per heavy atom. The summed E-state index contributed by atoms with van der Waals surface area (Å²) in [4.78, 5) is 27.9. The Bertz CT molecular complexity index is 1310. The molecule has 2 aromatic carbocycles. The lowest BCUT2D eigenvalue weighted by atomic mass is 9.80. The van der Waals surface area contributed by atoms with Crippen LogP contribution in [0.5, 0.6) is 5.75 Å². The predicted octanol–water partition coefficient (Wildman–Crippen LogP) is 7.13. The van der Waals surface area contributed by atoms with Gasteiger partial charge in [-0.2, -0.15) is 0 Å². The zero-order valence-electron chi connectivity index (χ0n) is 25.5. The summed E-state index contributed by atoms with van der Waals surface area (Å²) >= 11 is 6.39. The smallest absolute Gasteiger partial charge is 0.263 e. The molecule has 228 valence electrons. The molecule has 7 unspecified atom stereocenters. The van der Waals surface area contributed by atoms with Crippen LogP contribution in [0.2, 0.25) is 5.02 Å². The lowest BCUT2D eigenvalue weighted by Crippen LogP contribution is -2.37. The largest absolute Gasteiger partial charge is 0.491 e. The maximum atomic E-state index is 13.3. The van der Waals surface area contributed by atoms with E-state index in [1.54, 1.807) is 6.07 Å². The van der Waals surface area contributed by atoms with E-state index in [1.807, 2.05) is 44.2 Å². The molecule has 2 bridgehead atoms. The van der Waals surface area contributed by atoms with Gasteiger partial charge in [-0.1, -0.05) is 70.4 Å². The number of carbonyl (C=O) groups is 2. The standard InChI is InChI=1S/C34H45ClN2O4S/c1-6-9-25-16-29(35)13-14-31(25)28-19-37-18-23(4)30(7-2)27(20-38)11-8-10-22(3)24(5)42(40)36-34(39)26-12-15-33(41-21-28)32(37)17-26/h8,11-17,20,22-24,27-28,30H,6-7,9-10,18-19,21H2,1-5H3,(H,36,39)/b11-8+. The van der Waals surface area contributed by atoms with Crippen molar-refractivity contribution in [3.05, 3.63) is 70.3 Å². The van der Waals surface area contributed by atoms with Crippen LogP contribution in [0.25, 0.3) is 0 Å². The zero-order valence-corrected chi connectivity index (χ0v) is 27.0. The van der Waals surface area contributed by atoms with Crippen molar-refractivity contribution in [2.45, 2.75) is 71.5 Å². The SMILES string of the molecule is CCCc1cc(Cl)ccc1C1COc2ccc3cc2N(C1)CC(C)C(CC)C(C=O)/C=C/CC(C)C(C)S(=O)NC3=O. The average molecular weight is 613 g/mol. The molecule has 0 saturated heterocycles. The number of nitrogens with one attached hydrogen (secondary N) is 1. The van der Waals surface area contributed by atoms with Gasteiger partial charge in [-0.05, 0) is 79.0 Å². The monoisotopic (exact) mass is 612 g/mol. The second kappa shape index (κ2) is 14.7. The Labute approximate surface area is 258 Å². The van der Waals surface area contributed by atoms with Gasteiger partial charge in [0.2, 0.25) is 0 Å². The first-order valence-corrected chi connectivity index (χ1v) is 16.9. The summed E-state index contributed by atoms with van der Waals surface area (Å²) < 4.78 is 22.3. The fourth-order valence-corrected chi connectivity index (χ4v) is 7.59. The van der Waals surface area contributed by atoms with Crippen molar-refractivity contribution >= 4 is 40.5 Å². The van der Waals surface area contributed by atoms with Crippen molar-refractivity contribution < 1.29 is 18.5 Å². The van der Waals surface area contributed by atoms with Crippen LogP contribution in [0.3, 0.4) is 0 Å². The van der Waals surface area contributed by atoms with Gasteiger partial charge >= 0.3 is 0 Å². The normalized spacial score (nSPS) is 29.6. The summed E-state index contributed by atoms with van der Waals surface area (Å²) in [6.45, 7) is 12.3. The van der Waals surface area contributed by atoms with Crippen LogP contribution in [-0.2, 0) is 22.2 Å². The van der Waals surface area contributed by atoms with Gasteiger partial charge in [0, 0.05) is 35.5 Å². The van der Waals surface area contributed by atoms with E-state index in [1.165, 1.54) is 11.1 Å². The number of rotatable bonds is 5. The summed E-state index contributed by atoms with van der Waals surface area (Å²) in [6.07, 6.45) is 8.64. The third-order valence-electron chi connectivity index (χ3n) is 9.07. The summed E-state index contributed by atoms with van der Waals surface area (Å²) in [7, 11) is -1.55. The quantitative estimate of drug-likeness (QED) is 0.287. The second-order valence-corrected chi connectivity index (χ2v) is 14.0. The fourth-order valence-electron chi connectivity index (χ4n) is 6.38. The van der Waals surface area contributed by atoms with E-state index < -0.39 is 11.0 Å². The van der Waals surface area contributed by atoms with Gasteiger partial charge in [0.05, 0.1) is 17.5 Å². The van der Waals surface area contributed by atoms with Crippen LogP contribution in [0, 0.1) is 23.7 Å². The number of aldehydes is 1. The van der Waals surface area contributed by atoms with E-state index in [4.69, 9.17) is 16.3 Å². The minimum atomic E-state index is -1.55. The molecule has 2 aromatic rings. The van der Waals surface area contributed by atoms with E-state index in [0.717, 1.165) is 42.0 Å². The summed E-state index contributed by atoms with van der Waals surface area (Å²) in [6, 6.07) is 11.6. The Hall–Kier alpha value is -2.64. The van der Waals surface area contributed by atoms with E-state index in [0.29, 0.717) is 31.7 Å². The van der Waals surface area contributed by atoms with Gasteiger partial charge < -0.3 is 14.4 Å². The number of aryl methyl sites for hydroxylation is 1. The van der Waals surface area contributed by atoms with Crippen LogP contribution in [0.15, 0.2) is 48.6 Å². The van der Waals surface area contributed by atoms with Crippen LogP contribution in [0.1, 0.15) is 81.3 Å². The van der Waals surface area contributed by atoms with Gasteiger partial charge in [-0.15, -0.1) is 0 Å². The molecule has 0 aromatic heterocycles. The van der Waals surface area contributed by atoms with Gasteiger partial charge in [-0.3, -0.25) is 9.52 Å². The molecule has 0 radical (unpaired) electrons. The van der Waals surface area contributed by atoms with Gasteiger partial charge in [0.25, 0.3) is 5.91 Å². The molecule has 2 heterocycles. The van der Waals surface area contributed by atoms with E-state index in [9.17, 15) is 13.8 Å². The molecule has 7 atom stereocenters. The first kappa shape index (κ1) is 32.3. The van der Waals surface area contributed by atoms with Gasteiger partial charge in [0.1, 0.15) is 23.0 Å². The molecule has 2 aliphatic rings. The summed E-state index contributed by atoms with van der Waals surface area (Å²) in [5.41, 5.74) is 3.75. The first-order chi connectivity index (χ1) is 20.2. The van der Waals surface area contributed by atoms with Crippen molar-refractivity contribution in [1.29, 1.82) is 0 Å². The predicted molar refractivity (Wildman–Crippen MR) is 173 cm³/mol. The molecular formula is C34H45ClN2O4S. The highest BCUT2D eigenvalue weighted by Crippen LogP contribution is 2.39. The van der Waals surface area contributed by atoms with E-state index >= 15 is 0 Å². The topological polar surface area (TPSA) is 75.7 Å². The minimum Gasteiger partial charge on any atom is -0.491 e. The Morgan fingerprint density at radius 3 is 2.60 bits per heavy atom. The molecule has 2 aliphatic heterocycles. The molecule has 1 amide bonds. The van der Waals surface area contributed by atoms with Crippen molar-refractivity contribution in [3.63, 3.8) is 0 Å². The number of amides is 1. The van der Waals surface area contributed by atoms with E-state index in [2.05, 4.69) is 42.5 Å². The molecule has 0 fully saturated rings. The fraction of sp³-hybridized carbons (Fsp3) is 0.529. The number of hydrogen-bond donors (Lipinski definition) is 1. The number of nitrogens with zero attached hydrogens (tertiary/aromatic N) is 1. The molecule has 8 heteroatoms. The number of halogens is 1. The summed E-state index contributed by atoms with van der Waals surface area (Å²) in [5, 5.41) is 0.481. The minimum absolute atomic E-state index is 0.0680. The summed E-state index contributed by atoms with van der Waals surface area (Å²) in [5.74, 6) is 0.649. The number of fused-ring (bicyclic) bond motifs is 1. The van der Waals surface area contributed by atoms with Crippen molar-refractivity contribution in [3.8, 4) is 5.75 Å². The maximum absolute atomic E-state index is 13.3. The Kier molecular flexibility index (Phi) is 11.3. The number of carbonyl (C=O) groups excluding carboxylic acids is 2. The van der Waals surface area contributed by atoms with Gasteiger partial charge in [-0.25, -0.2) is 4.21 Å². The third kappa shape index (κ3) is 7.46. The Morgan fingerprint density at radius 1 is 1.10 bits per heavy atom. The molecule has 1 N–H and O–H groups in total. The molecule has 0 aliphatic carbocycles. The molecule has 4 rings (SSSR count). The molecule has 6 nitrogen and oxygen atoms in total.